The van der Waals surface area contributed by atoms with Crippen molar-refractivity contribution in [2.75, 3.05) is 5.32 Å². The molecule has 6 nitrogen and oxygen atoms in total. The van der Waals surface area contributed by atoms with Crippen molar-refractivity contribution >= 4 is 22.6 Å². The predicted octanol–water partition coefficient (Wildman–Crippen LogP) is 4.88. The number of hydrogen-bond acceptors (Lipinski definition) is 3. The Morgan fingerprint density at radius 1 is 1.17 bits per heavy atom. The number of rotatable bonds is 7. The van der Waals surface area contributed by atoms with Crippen LogP contribution in [0, 0.1) is 12.8 Å². The molecule has 0 bridgehead atoms. The van der Waals surface area contributed by atoms with Crippen molar-refractivity contribution in [1.29, 1.82) is 0 Å². The topological polar surface area (TPSA) is 75.6 Å². The van der Waals surface area contributed by atoms with E-state index in [1.807, 2.05) is 48.1 Å². The second-order valence-electron chi connectivity index (χ2n) is 8.08. The fourth-order valence-electron chi connectivity index (χ4n) is 3.93. The van der Waals surface area contributed by atoms with Gasteiger partial charge in [-0.25, -0.2) is 4.68 Å². The number of hydrogen-bond donors (Lipinski definition) is 2. The Bertz CT molecular complexity index is 1140. The molecule has 4 rings (SSSR count). The molecule has 6 heteroatoms. The van der Waals surface area contributed by atoms with Crippen LogP contribution in [0.15, 0.2) is 61.1 Å². The molecule has 0 aliphatic carbocycles. The molecule has 0 aliphatic heterocycles. The van der Waals surface area contributed by atoms with Crippen LogP contribution in [-0.2, 0) is 11.3 Å². The third-order valence-electron chi connectivity index (χ3n) is 5.48. The molecule has 4 aromatic rings. The van der Waals surface area contributed by atoms with Crippen LogP contribution < -0.4 is 5.32 Å². The van der Waals surface area contributed by atoms with Gasteiger partial charge in [-0.15, -0.1) is 0 Å². The highest BCUT2D eigenvalue weighted by Crippen LogP contribution is 2.33. The summed E-state index contributed by atoms with van der Waals surface area (Å²) in [7, 11) is 0. The maximum Gasteiger partial charge on any atom is 0.226 e. The van der Waals surface area contributed by atoms with Gasteiger partial charge in [0.1, 0.15) is 5.82 Å². The molecular weight excluding hydrogens is 374 g/mol. The van der Waals surface area contributed by atoms with Gasteiger partial charge in [-0.1, -0.05) is 32.0 Å². The van der Waals surface area contributed by atoms with E-state index < -0.39 is 0 Å². The number of aromatic amines is 1. The lowest BCUT2D eigenvalue weighted by atomic mass is 9.85. The molecule has 30 heavy (non-hydrogen) atoms. The van der Waals surface area contributed by atoms with Crippen molar-refractivity contribution in [1.82, 2.24) is 19.7 Å². The van der Waals surface area contributed by atoms with Gasteiger partial charge in [-0.05, 0) is 48.1 Å². The molecule has 0 radical (unpaired) electrons. The van der Waals surface area contributed by atoms with Gasteiger partial charge in [-0.3, -0.25) is 9.78 Å². The molecule has 0 fully saturated rings. The number of aromatic nitrogens is 4. The molecule has 1 amide bonds. The van der Waals surface area contributed by atoms with Gasteiger partial charge in [0, 0.05) is 42.0 Å². The number of fused-ring (bicyclic) bond motifs is 1. The van der Waals surface area contributed by atoms with Crippen LogP contribution in [0.5, 0.6) is 0 Å². The molecule has 0 unspecified atom stereocenters. The lowest BCUT2D eigenvalue weighted by molar-refractivity contribution is -0.116. The Labute approximate surface area is 176 Å². The minimum Gasteiger partial charge on any atom is -0.361 e. The molecule has 1 aromatic carbocycles. The quantitative estimate of drug-likeness (QED) is 0.463. The Kier molecular flexibility index (Phi) is 5.65. The summed E-state index contributed by atoms with van der Waals surface area (Å²) >= 11 is 0. The van der Waals surface area contributed by atoms with E-state index in [9.17, 15) is 4.79 Å². The molecule has 1 atom stereocenters. The first kappa shape index (κ1) is 19.9. The normalized spacial score (nSPS) is 12.4. The van der Waals surface area contributed by atoms with Crippen molar-refractivity contribution < 1.29 is 4.79 Å². The summed E-state index contributed by atoms with van der Waals surface area (Å²) in [6.45, 7) is 6.85. The van der Waals surface area contributed by atoms with E-state index in [1.165, 1.54) is 10.9 Å². The Morgan fingerprint density at radius 3 is 2.70 bits per heavy atom. The summed E-state index contributed by atoms with van der Waals surface area (Å²) in [6.07, 6.45) is 5.98. The van der Waals surface area contributed by atoms with Crippen molar-refractivity contribution in [2.45, 2.75) is 39.7 Å². The standard InChI is InChI=1S/C24H27N5O/c1-16(2)20(21-14-26-22-7-5-4-6-19(21)22)13-24(30)27-23-12-17(3)28-29(23)15-18-8-10-25-11-9-18/h4-12,14,16,20,26H,13,15H2,1-3H3,(H,27,30)/t20-/m0/s1. The van der Waals surface area contributed by atoms with Gasteiger partial charge in [0.25, 0.3) is 0 Å². The highest BCUT2D eigenvalue weighted by Gasteiger charge is 2.23. The fraction of sp³-hybridized carbons (Fsp3) is 0.292. The average Bonchev–Trinajstić information content (AvgIpc) is 3.30. The summed E-state index contributed by atoms with van der Waals surface area (Å²) in [6, 6.07) is 14.1. The second-order valence-corrected chi connectivity index (χ2v) is 8.08. The number of carbonyl (C=O) groups excluding carboxylic acids is 1. The second kappa shape index (κ2) is 8.53. The van der Waals surface area contributed by atoms with Gasteiger partial charge in [0.2, 0.25) is 5.91 Å². The van der Waals surface area contributed by atoms with E-state index in [-0.39, 0.29) is 11.8 Å². The van der Waals surface area contributed by atoms with Gasteiger partial charge in [-0.2, -0.15) is 5.10 Å². The number of nitrogens with zero attached hydrogens (tertiary/aromatic N) is 3. The molecule has 0 saturated carbocycles. The van der Waals surface area contributed by atoms with Crippen LogP contribution in [-0.4, -0.2) is 25.7 Å². The smallest absolute Gasteiger partial charge is 0.226 e. The first-order valence-electron chi connectivity index (χ1n) is 10.3. The number of carbonyl (C=O) groups is 1. The Hall–Kier alpha value is -3.41. The van der Waals surface area contributed by atoms with Gasteiger partial charge < -0.3 is 10.3 Å². The number of anilines is 1. The Morgan fingerprint density at radius 2 is 1.93 bits per heavy atom. The van der Waals surface area contributed by atoms with E-state index in [1.54, 1.807) is 12.4 Å². The van der Waals surface area contributed by atoms with Crippen LogP contribution in [0.1, 0.15) is 43.0 Å². The largest absolute Gasteiger partial charge is 0.361 e. The van der Waals surface area contributed by atoms with E-state index in [2.05, 4.69) is 46.4 Å². The number of benzene rings is 1. The van der Waals surface area contributed by atoms with Gasteiger partial charge in [0.15, 0.2) is 0 Å². The molecule has 3 aromatic heterocycles. The first-order valence-corrected chi connectivity index (χ1v) is 10.3. The number of H-pyrrole nitrogens is 1. The molecule has 154 valence electrons. The SMILES string of the molecule is Cc1cc(NC(=O)C[C@H](c2c[nH]c3ccccc23)C(C)C)n(Cc2ccncc2)n1. The van der Waals surface area contributed by atoms with Crippen molar-refractivity contribution in [3.63, 3.8) is 0 Å². The first-order chi connectivity index (χ1) is 14.5. The molecule has 0 saturated heterocycles. The summed E-state index contributed by atoms with van der Waals surface area (Å²) in [5, 5.41) is 8.81. The third kappa shape index (κ3) is 4.27. The summed E-state index contributed by atoms with van der Waals surface area (Å²) in [4.78, 5) is 20.4. The Balaban J connectivity index is 1.52. The maximum absolute atomic E-state index is 13.0. The van der Waals surface area contributed by atoms with Crippen LogP contribution in [0.2, 0.25) is 0 Å². The van der Waals surface area contributed by atoms with E-state index in [4.69, 9.17) is 0 Å². The highest BCUT2D eigenvalue weighted by molar-refractivity contribution is 5.91. The number of nitrogens with one attached hydrogen (secondary N) is 2. The van der Waals surface area contributed by atoms with Crippen LogP contribution in [0.3, 0.4) is 0 Å². The zero-order chi connectivity index (χ0) is 21.1. The fourth-order valence-corrected chi connectivity index (χ4v) is 3.93. The zero-order valence-electron chi connectivity index (χ0n) is 17.6. The molecular formula is C24H27N5O. The number of para-hydroxylation sites is 1. The summed E-state index contributed by atoms with van der Waals surface area (Å²) < 4.78 is 1.83. The molecule has 0 aliphatic rings. The van der Waals surface area contributed by atoms with Crippen molar-refractivity contribution in [2.24, 2.45) is 5.92 Å². The van der Waals surface area contributed by atoms with Crippen LogP contribution in [0.4, 0.5) is 5.82 Å². The molecule has 3 heterocycles. The molecule has 2 N–H and O–H groups in total. The maximum atomic E-state index is 13.0. The number of aryl methyl sites for hydroxylation is 1. The third-order valence-corrected chi connectivity index (χ3v) is 5.48. The van der Waals surface area contributed by atoms with Crippen molar-refractivity contribution in [3.05, 3.63) is 77.9 Å². The van der Waals surface area contributed by atoms with E-state index in [0.29, 0.717) is 18.9 Å². The minimum atomic E-state index is -0.00476. The summed E-state index contributed by atoms with van der Waals surface area (Å²) in [5.41, 5.74) is 4.25. The van der Waals surface area contributed by atoms with Crippen LogP contribution in [0.25, 0.3) is 10.9 Å². The number of pyridine rings is 1. The van der Waals surface area contributed by atoms with Gasteiger partial charge in [0.05, 0.1) is 12.2 Å². The molecule has 0 spiro atoms. The number of amides is 1. The van der Waals surface area contributed by atoms with Crippen LogP contribution >= 0.6 is 0 Å². The van der Waals surface area contributed by atoms with E-state index in [0.717, 1.165) is 22.6 Å². The zero-order valence-corrected chi connectivity index (χ0v) is 17.6. The average molecular weight is 402 g/mol. The van der Waals surface area contributed by atoms with Gasteiger partial charge >= 0.3 is 0 Å². The monoisotopic (exact) mass is 401 g/mol. The predicted molar refractivity (Wildman–Crippen MR) is 119 cm³/mol. The lowest BCUT2D eigenvalue weighted by Gasteiger charge is -2.20. The van der Waals surface area contributed by atoms with Crippen molar-refractivity contribution in [3.8, 4) is 0 Å². The minimum absolute atomic E-state index is 0.00476. The van der Waals surface area contributed by atoms with E-state index >= 15 is 0 Å². The summed E-state index contributed by atoms with van der Waals surface area (Å²) in [5.74, 6) is 1.17. The highest BCUT2D eigenvalue weighted by atomic mass is 16.1. The lowest BCUT2D eigenvalue weighted by Crippen LogP contribution is -2.20.